The summed E-state index contributed by atoms with van der Waals surface area (Å²) in [5.41, 5.74) is -0.345. The van der Waals surface area contributed by atoms with Crippen molar-refractivity contribution in [1.29, 1.82) is 0 Å². The summed E-state index contributed by atoms with van der Waals surface area (Å²) in [6.45, 7) is -0.572. The average Bonchev–Trinajstić information content (AvgIpc) is 2.74. The number of esters is 1. The predicted molar refractivity (Wildman–Crippen MR) is 105 cm³/mol. The lowest BCUT2D eigenvalue weighted by atomic mass is 9.74. The van der Waals surface area contributed by atoms with Crippen molar-refractivity contribution in [3.8, 4) is 0 Å². The van der Waals surface area contributed by atoms with Crippen LogP contribution in [0.15, 0.2) is 48.8 Å². The zero-order valence-corrected chi connectivity index (χ0v) is 16.7. The van der Waals surface area contributed by atoms with Crippen LogP contribution in [0.1, 0.15) is 41.6 Å². The first-order valence-electron chi connectivity index (χ1n) is 9.23. The van der Waals surface area contributed by atoms with Crippen LogP contribution < -0.4 is 0 Å². The first-order chi connectivity index (χ1) is 14.0. The van der Waals surface area contributed by atoms with E-state index in [4.69, 9.17) is 21.1 Å². The predicted octanol–water partition coefficient (Wildman–Crippen LogP) is 3.96. The third-order valence-corrected chi connectivity index (χ3v) is 5.44. The van der Waals surface area contributed by atoms with Crippen LogP contribution in [-0.2, 0) is 19.8 Å². The van der Waals surface area contributed by atoms with Gasteiger partial charge in [-0.1, -0.05) is 29.8 Å². The minimum absolute atomic E-state index is 0.0925. The molecule has 1 atom stereocenters. The molecule has 0 bridgehead atoms. The van der Waals surface area contributed by atoms with E-state index in [2.05, 4.69) is 4.98 Å². The van der Waals surface area contributed by atoms with E-state index >= 15 is 0 Å². The molecule has 0 saturated heterocycles. The summed E-state index contributed by atoms with van der Waals surface area (Å²) in [6.07, 6.45) is 4.46. The molecule has 29 heavy (non-hydrogen) atoms. The first-order valence-corrected chi connectivity index (χ1v) is 9.60. The summed E-state index contributed by atoms with van der Waals surface area (Å²) in [7, 11) is 1.50. The van der Waals surface area contributed by atoms with Crippen LogP contribution in [-0.4, -0.2) is 41.6 Å². The maximum absolute atomic E-state index is 13.0. The summed E-state index contributed by atoms with van der Waals surface area (Å²) >= 11 is 6.37. The van der Waals surface area contributed by atoms with E-state index in [1.165, 1.54) is 36.5 Å². The van der Waals surface area contributed by atoms with Gasteiger partial charge in [-0.2, -0.15) is 0 Å². The van der Waals surface area contributed by atoms with Crippen molar-refractivity contribution in [2.45, 2.75) is 31.2 Å². The highest BCUT2D eigenvalue weighted by atomic mass is 35.5. The minimum Gasteiger partial charge on any atom is -0.424 e. The summed E-state index contributed by atoms with van der Waals surface area (Å²) in [6, 6.07) is 9.96. The van der Waals surface area contributed by atoms with Gasteiger partial charge >= 0.3 is 12.1 Å². The second-order valence-corrected chi connectivity index (χ2v) is 7.13. The third kappa shape index (κ3) is 4.24. The van der Waals surface area contributed by atoms with Crippen molar-refractivity contribution in [1.82, 2.24) is 9.88 Å². The molecule has 3 rings (SSSR count). The minimum atomic E-state index is -1.21. The molecule has 7 nitrogen and oxygen atoms in total. The van der Waals surface area contributed by atoms with Gasteiger partial charge in [0.15, 0.2) is 5.78 Å². The van der Waals surface area contributed by atoms with Gasteiger partial charge < -0.3 is 9.47 Å². The number of halogens is 1. The number of hydrogen-bond acceptors (Lipinski definition) is 6. The molecule has 1 amide bonds. The van der Waals surface area contributed by atoms with Crippen LogP contribution in [0.5, 0.6) is 0 Å². The van der Waals surface area contributed by atoms with E-state index in [1.807, 2.05) is 0 Å². The Kier molecular flexibility index (Phi) is 6.49. The molecular formula is C21H21ClN2O5. The fourth-order valence-corrected chi connectivity index (χ4v) is 3.88. The fourth-order valence-electron chi connectivity index (χ4n) is 3.59. The molecule has 1 aliphatic rings. The Morgan fingerprint density at radius 2 is 1.86 bits per heavy atom. The van der Waals surface area contributed by atoms with E-state index in [-0.39, 0.29) is 5.78 Å². The summed E-state index contributed by atoms with van der Waals surface area (Å²) < 4.78 is 10.1. The number of hydrogen-bond donors (Lipinski definition) is 0. The highest BCUT2D eigenvalue weighted by molar-refractivity contribution is 6.31. The van der Waals surface area contributed by atoms with Crippen molar-refractivity contribution in [3.05, 3.63) is 64.9 Å². The number of carbonyl (C=O) groups excluding carboxylic acids is 3. The van der Waals surface area contributed by atoms with E-state index in [0.717, 1.165) is 12.8 Å². The molecule has 1 aromatic heterocycles. The Labute approximate surface area is 173 Å². The van der Waals surface area contributed by atoms with Crippen molar-refractivity contribution >= 4 is 29.4 Å². The van der Waals surface area contributed by atoms with Gasteiger partial charge in [0, 0.05) is 36.4 Å². The molecule has 1 heterocycles. The lowest BCUT2D eigenvalue weighted by Gasteiger charge is -2.43. The summed E-state index contributed by atoms with van der Waals surface area (Å²) in [4.78, 5) is 42.7. The number of amides is 1. The molecule has 8 heteroatoms. The number of ether oxygens (including phenoxy) is 2. The maximum Gasteiger partial charge on any atom is 0.413 e. The monoisotopic (exact) mass is 416 g/mol. The number of likely N-dealkylation sites (N-methyl/N-ethyl adjacent to an activating group) is 1. The molecule has 0 radical (unpaired) electrons. The Bertz CT molecular complexity index is 905. The largest absolute Gasteiger partial charge is 0.424 e. The highest BCUT2D eigenvalue weighted by Crippen LogP contribution is 2.42. The van der Waals surface area contributed by atoms with E-state index in [9.17, 15) is 14.4 Å². The second-order valence-electron chi connectivity index (χ2n) is 6.73. The van der Waals surface area contributed by atoms with Crippen LogP contribution in [0.4, 0.5) is 4.79 Å². The first kappa shape index (κ1) is 20.8. The molecule has 1 fully saturated rings. The lowest BCUT2D eigenvalue weighted by Crippen LogP contribution is -2.54. The van der Waals surface area contributed by atoms with Crippen LogP contribution in [0.25, 0.3) is 0 Å². The number of ketones is 1. The van der Waals surface area contributed by atoms with Crippen LogP contribution in [0, 0.1) is 0 Å². The number of Topliss-reactive ketones (excluding diaryl/α,β-unsaturated/α-hetero) is 1. The Hall–Kier alpha value is -2.93. The number of aromatic nitrogens is 1. The number of rotatable bonds is 5. The Balaban J connectivity index is 1.73. The SMILES string of the molecule is CN(C(=O)OCOC(=O)c1ccncc1)[C@]1(c2ccccc2Cl)CCCCC1=O. The van der Waals surface area contributed by atoms with Gasteiger partial charge in [-0.05, 0) is 37.5 Å². The van der Waals surface area contributed by atoms with Crippen molar-refractivity contribution in [2.24, 2.45) is 0 Å². The molecule has 1 aromatic carbocycles. The third-order valence-electron chi connectivity index (χ3n) is 5.11. The lowest BCUT2D eigenvalue weighted by molar-refractivity contribution is -0.133. The fraction of sp³-hybridized carbons (Fsp3) is 0.333. The van der Waals surface area contributed by atoms with Gasteiger partial charge in [0.05, 0.1) is 5.56 Å². The normalized spacial score (nSPS) is 18.8. The second kappa shape index (κ2) is 9.05. The summed E-state index contributed by atoms with van der Waals surface area (Å²) in [5.74, 6) is -0.734. The number of pyridine rings is 1. The van der Waals surface area contributed by atoms with E-state index in [1.54, 1.807) is 24.3 Å². The molecule has 2 aromatic rings. The van der Waals surface area contributed by atoms with Gasteiger partial charge in [0.25, 0.3) is 0 Å². The highest BCUT2D eigenvalue weighted by Gasteiger charge is 2.48. The average molecular weight is 417 g/mol. The Morgan fingerprint density at radius 3 is 2.55 bits per heavy atom. The van der Waals surface area contributed by atoms with Crippen LogP contribution in [0.3, 0.4) is 0 Å². The maximum atomic E-state index is 13.0. The number of benzene rings is 1. The van der Waals surface area contributed by atoms with Gasteiger partial charge in [-0.3, -0.25) is 14.7 Å². The molecule has 0 N–H and O–H groups in total. The molecule has 1 saturated carbocycles. The van der Waals surface area contributed by atoms with Gasteiger partial charge in [-0.15, -0.1) is 0 Å². The molecule has 0 aliphatic heterocycles. The van der Waals surface area contributed by atoms with Crippen molar-refractivity contribution in [3.63, 3.8) is 0 Å². The van der Waals surface area contributed by atoms with Crippen LogP contribution >= 0.6 is 11.6 Å². The smallest absolute Gasteiger partial charge is 0.413 e. The quantitative estimate of drug-likeness (QED) is 0.541. The van der Waals surface area contributed by atoms with Crippen LogP contribution in [0.2, 0.25) is 5.02 Å². The van der Waals surface area contributed by atoms with Gasteiger partial charge in [0.1, 0.15) is 5.54 Å². The molecule has 0 unspecified atom stereocenters. The van der Waals surface area contributed by atoms with Gasteiger partial charge in [0.2, 0.25) is 6.79 Å². The number of nitrogens with zero attached hydrogens (tertiary/aromatic N) is 2. The van der Waals surface area contributed by atoms with Crippen molar-refractivity contribution in [2.75, 3.05) is 13.8 Å². The zero-order chi connectivity index (χ0) is 20.9. The van der Waals surface area contributed by atoms with E-state index in [0.29, 0.717) is 29.0 Å². The summed E-state index contributed by atoms with van der Waals surface area (Å²) in [5, 5.41) is 0.409. The standard InChI is InChI=1S/C21H21ClN2O5/c1-24(20(27)29-14-28-19(26)15-9-12-23-13-10-15)21(11-5-4-8-18(21)25)16-6-2-3-7-17(16)22/h2-3,6-7,9-10,12-13H,4-5,8,11,14H2,1H3/t21-/m0/s1. The topological polar surface area (TPSA) is 85.8 Å². The van der Waals surface area contributed by atoms with Gasteiger partial charge in [-0.25, -0.2) is 9.59 Å². The van der Waals surface area contributed by atoms with Crippen molar-refractivity contribution < 1.29 is 23.9 Å². The molecule has 152 valence electrons. The van der Waals surface area contributed by atoms with E-state index < -0.39 is 24.4 Å². The molecular weight excluding hydrogens is 396 g/mol. The number of carbonyl (C=O) groups is 3. The Morgan fingerprint density at radius 1 is 1.14 bits per heavy atom. The molecule has 1 aliphatic carbocycles. The molecule has 0 spiro atoms. The zero-order valence-electron chi connectivity index (χ0n) is 16.0.